The van der Waals surface area contributed by atoms with Crippen molar-refractivity contribution >= 4 is 11.6 Å². The molecule has 2 heterocycles. The van der Waals surface area contributed by atoms with Gasteiger partial charge in [0.15, 0.2) is 17.3 Å². The van der Waals surface area contributed by atoms with Gasteiger partial charge in [0.05, 0.1) is 17.8 Å². The molecule has 0 saturated carbocycles. The van der Waals surface area contributed by atoms with Crippen LogP contribution in [0.25, 0.3) is 0 Å². The van der Waals surface area contributed by atoms with Crippen molar-refractivity contribution in [3.8, 4) is 11.8 Å². The van der Waals surface area contributed by atoms with Crippen molar-refractivity contribution in [1.29, 1.82) is 5.26 Å². The van der Waals surface area contributed by atoms with Gasteiger partial charge in [0.25, 0.3) is 11.5 Å². The number of carbonyl (C=O) groups is 1. The maximum Gasteiger partial charge on any atom is 0.296 e. The van der Waals surface area contributed by atoms with E-state index in [1.54, 1.807) is 31.2 Å². The van der Waals surface area contributed by atoms with Gasteiger partial charge in [-0.25, -0.2) is 13.8 Å². The lowest BCUT2D eigenvalue weighted by atomic mass is 9.79. The van der Waals surface area contributed by atoms with Crippen LogP contribution in [0.5, 0.6) is 5.75 Å². The zero-order valence-electron chi connectivity index (χ0n) is 19.1. The molecule has 2 aromatic carbocycles. The fraction of sp³-hybridized carbons (Fsp3) is 0.160. The fourth-order valence-electron chi connectivity index (χ4n) is 4.09. The number of hydrogen-bond donors (Lipinski definition) is 2. The fourth-order valence-corrected chi connectivity index (χ4v) is 4.09. The summed E-state index contributed by atoms with van der Waals surface area (Å²) in [7, 11) is 1.36. The summed E-state index contributed by atoms with van der Waals surface area (Å²) >= 11 is 0. The third-order valence-electron chi connectivity index (χ3n) is 5.83. The molecule has 11 heteroatoms. The van der Waals surface area contributed by atoms with Gasteiger partial charge in [0, 0.05) is 18.9 Å². The quantitative estimate of drug-likeness (QED) is 0.419. The molecule has 36 heavy (non-hydrogen) atoms. The van der Waals surface area contributed by atoms with E-state index in [4.69, 9.17) is 0 Å². The van der Waals surface area contributed by atoms with Gasteiger partial charge in [0.2, 0.25) is 5.75 Å². The van der Waals surface area contributed by atoms with E-state index in [0.717, 1.165) is 23.0 Å². The number of rotatable bonds is 6. The number of hydrogen-bond acceptors (Lipinski definition) is 7. The summed E-state index contributed by atoms with van der Waals surface area (Å²) in [5.74, 6) is -5.33. The molecular weight excluding hydrogens is 472 g/mol. The second-order valence-electron chi connectivity index (χ2n) is 8.04. The monoisotopic (exact) mass is 491 g/mol. The Morgan fingerprint density at radius 2 is 1.97 bits per heavy atom. The summed E-state index contributed by atoms with van der Waals surface area (Å²) < 4.78 is 33.7. The number of benzene rings is 2. The first-order valence-corrected chi connectivity index (χ1v) is 10.7. The van der Waals surface area contributed by atoms with Gasteiger partial charge in [-0.1, -0.05) is 36.3 Å². The zero-order valence-corrected chi connectivity index (χ0v) is 19.1. The minimum Gasteiger partial charge on any atom is -0.501 e. The summed E-state index contributed by atoms with van der Waals surface area (Å²) in [6, 6.07) is 12.1. The van der Waals surface area contributed by atoms with Crippen molar-refractivity contribution in [3.63, 3.8) is 0 Å². The summed E-state index contributed by atoms with van der Waals surface area (Å²) in [6.07, 6.45) is 2.37. The smallest absolute Gasteiger partial charge is 0.296 e. The van der Waals surface area contributed by atoms with E-state index in [0.29, 0.717) is 11.1 Å². The first-order chi connectivity index (χ1) is 17.2. The highest BCUT2D eigenvalue weighted by Crippen LogP contribution is 2.39. The number of aromatic nitrogens is 3. The Morgan fingerprint density at radius 3 is 2.64 bits per heavy atom. The highest BCUT2D eigenvalue weighted by molar-refractivity contribution is 6.04. The Morgan fingerprint density at radius 1 is 1.22 bits per heavy atom. The second kappa shape index (κ2) is 9.79. The average Bonchev–Trinajstić information content (AvgIpc) is 3.38. The largest absolute Gasteiger partial charge is 0.501 e. The molecule has 0 aliphatic rings. The third kappa shape index (κ3) is 4.44. The summed E-state index contributed by atoms with van der Waals surface area (Å²) in [5.41, 5.74) is -0.163. The maximum absolute atomic E-state index is 14.2. The summed E-state index contributed by atoms with van der Waals surface area (Å²) in [5, 5.41) is 25.9. The van der Waals surface area contributed by atoms with Gasteiger partial charge in [-0.05, 0) is 29.3 Å². The lowest BCUT2D eigenvalue weighted by molar-refractivity contribution is 0.101. The Labute approximate surface area is 203 Å². The molecular formula is C25H19F2N5O4. The standard InChI is InChI=1S/C25H19F2N5O4/c1-13(20(14-7-8-18(26)19(27)9-14)17-6-4-3-5-15(17)10-28)23-31-21(22(33)25(35)32(23)2)24(34)30-16-11-29-36-12-16/h3-9,11-13,20,33H,1-2H3,(H,30,34). The maximum atomic E-state index is 14.2. The van der Waals surface area contributed by atoms with Crippen LogP contribution < -0.4 is 10.9 Å². The van der Waals surface area contributed by atoms with E-state index >= 15 is 0 Å². The van der Waals surface area contributed by atoms with Crippen molar-refractivity contribution in [2.75, 3.05) is 5.32 Å². The van der Waals surface area contributed by atoms with Crippen molar-refractivity contribution in [2.45, 2.75) is 18.8 Å². The molecule has 0 spiro atoms. The minimum atomic E-state index is -1.08. The summed E-state index contributed by atoms with van der Waals surface area (Å²) in [4.78, 5) is 29.9. The number of aromatic hydroxyl groups is 1. The molecule has 0 saturated heterocycles. The van der Waals surface area contributed by atoms with Gasteiger partial charge < -0.3 is 14.9 Å². The van der Waals surface area contributed by atoms with E-state index in [2.05, 4.69) is 26.0 Å². The molecule has 2 N–H and O–H groups in total. The van der Waals surface area contributed by atoms with Crippen LogP contribution in [0, 0.1) is 23.0 Å². The molecule has 182 valence electrons. The molecule has 0 fully saturated rings. The van der Waals surface area contributed by atoms with Crippen LogP contribution in [-0.4, -0.2) is 25.7 Å². The first-order valence-electron chi connectivity index (χ1n) is 10.7. The van der Waals surface area contributed by atoms with Crippen molar-refractivity contribution in [1.82, 2.24) is 14.7 Å². The molecule has 0 aliphatic carbocycles. The Balaban J connectivity index is 1.89. The Hall–Kier alpha value is -4.85. The van der Waals surface area contributed by atoms with E-state index in [1.807, 2.05) is 0 Å². The lowest BCUT2D eigenvalue weighted by Crippen LogP contribution is -2.29. The number of amides is 1. The number of nitrogens with one attached hydrogen (secondary N) is 1. The molecule has 0 aliphatic heterocycles. The average molecular weight is 491 g/mol. The predicted octanol–water partition coefficient (Wildman–Crippen LogP) is 3.81. The van der Waals surface area contributed by atoms with Crippen LogP contribution in [0.1, 0.15) is 51.8 Å². The molecule has 9 nitrogen and oxygen atoms in total. The van der Waals surface area contributed by atoms with Gasteiger partial charge in [-0.15, -0.1) is 0 Å². The number of nitrogens with zero attached hydrogens (tertiary/aromatic N) is 4. The molecule has 4 rings (SSSR count). The number of halogens is 2. The van der Waals surface area contributed by atoms with E-state index < -0.39 is 46.4 Å². The molecule has 2 unspecified atom stereocenters. The number of carbonyl (C=O) groups excluding carboxylic acids is 1. The van der Waals surface area contributed by atoms with Crippen LogP contribution in [0.4, 0.5) is 14.5 Å². The zero-order chi connectivity index (χ0) is 26.0. The second-order valence-corrected chi connectivity index (χ2v) is 8.04. The molecule has 0 radical (unpaired) electrons. The lowest BCUT2D eigenvalue weighted by Gasteiger charge is -2.27. The summed E-state index contributed by atoms with van der Waals surface area (Å²) in [6.45, 7) is 1.67. The van der Waals surface area contributed by atoms with Crippen LogP contribution in [0.2, 0.25) is 0 Å². The highest BCUT2D eigenvalue weighted by Gasteiger charge is 2.31. The minimum absolute atomic E-state index is 0.0655. The van der Waals surface area contributed by atoms with E-state index in [-0.39, 0.29) is 17.1 Å². The van der Waals surface area contributed by atoms with Crippen molar-refractivity contribution in [2.24, 2.45) is 7.05 Å². The highest BCUT2D eigenvalue weighted by atomic mass is 19.2. The molecule has 1 amide bonds. The Bertz CT molecular complexity index is 1540. The van der Waals surface area contributed by atoms with Crippen LogP contribution >= 0.6 is 0 Å². The Kier molecular flexibility index (Phi) is 6.60. The topological polar surface area (TPSA) is 134 Å². The van der Waals surface area contributed by atoms with Crippen molar-refractivity contribution in [3.05, 3.63) is 105 Å². The third-order valence-corrected chi connectivity index (χ3v) is 5.83. The van der Waals surface area contributed by atoms with Gasteiger partial charge in [-0.2, -0.15) is 5.26 Å². The van der Waals surface area contributed by atoms with Crippen LogP contribution in [0.3, 0.4) is 0 Å². The van der Waals surface area contributed by atoms with Crippen LogP contribution in [-0.2, 0) is 7.05 Å². The van der Waals surface area contributed by atoms with Crippen LogP contribution in [0.15, 0.2) is 64.2 Å². The van der Waals surface area contributed by atoms with Gasteiger partial charge in [-0.3, -0.25) is 14.2 Å². The molecule has 2 aromatic heterocycles. The molecule has 2 atom stereocenters. The van der Waals surface area contributed by atoms with E-state index in [1.165, 1.54) is 19.3 Å². The van der Waals surface area contributed by atoms with Crippen molar-refractivity contribution < 1.29 is 23.2 Å². The normalized spacial score (nSPS) is 12.5. The molecule has 0 bridgehead atoms. The number of anilines is 1. The predicted molar refractivity (Wildman–Crippen MR) is 123 cm³/mol. The van der Waals surface area contributed by atoms with Gasteiger partial charge >= 0.3 is 0 Å². The molecule has 4 aromatic rings. The van der Waals surface area contributed by atoms with Gasteiger partial charge in [0.1, 0.15) is 17.8 Å². The number of nitriles is 1. The first kappa shape index (κ1) is 24.3. The SMILES string of the molecule is CC(c1nc(C(=O)Nc2cnoc2)c(O)c(=O)n1C)C(c1ccc(F)c(F)c1)c1ccccc1C#N. The van der Waals surface area contributed by atoms with E-state index in [9.17, 15) is 28.7 Å².